The number of aryl methyl sites for hydroxylation is 1. The molecule has 1 atom stereocenters. The van der Waals surface area contributed by atoms with E-state index in [1.807, 2.05) is 39.1 Å². The Kier molecular flexibility index (Phi) is 8.60. The smallest absolute Gasteiger partial charge is 0.172 e. The number of halogens is 1. The lowest BCUT2D eigenvalue weighted by atomic mass is 10.1. The molecule has 0 amide bonds. The number of morpholine rings is 1. The van der Waals surface area contributed by atoms with Gasteiger partial charge in [0.25, 0.3) is 0 Å². The topological polar surface area (TPSA) is 97.2 Å². The highest BCUT2D eigenvalue weighted by molar-refractivity contribution is 5.90. The second kappa shape index (κ2) is 12.7. The van der Waals surface area contributed by atoms with Gasteiger partial charge in [0.1, 0.15) is 35.8 Å². The standard InChI is InChI=1S/C26H26FN7O3.C4H6/c1-3-30-33-6-4-18(5-7-33)37-22-11-19(27)20(10-16(22)2)31-25-24-21(28-15-29-25)12-23-26(32-24)34-8-9-35-13-17(34)14-36-23;1-3-4-2/h3-6,10-12,15,17H,7-9,13-14H2,1-2H3,(H,28,29,31);1H,4H2,2H3/b30-3-;. The maximum atomic E-state index is 15.2. The number of benzene rings is 1. The minimum Gasteiger partial charge on any atom is -0.487 e. The van der Waals surface area contributed by atoms with Crippen molar-refractivity contribution in [3.05, 3.63) is 60.0 Å². The Hall–Kier alpha value is -4.69. The molecular formula is C30H32FN7O3. The van der Waals surface area contributed by atoms with Gasteiger partial charge in [0.2, 0.25) is 0 Å². The highest BCUT2D eigenvalue weighted by Gasteiger charge is 2.32. The lowest BCUT2D eigenvalue weighted by molar-refractivity contribution is 0.0698. The summed E-state index contributed by atoms with van der Waals surface area (Å²) in [4.78, 5) is 15.8. The van der Waals surface area contributed by atoms with Crippen molar-refractivity contribution in [2.75, 3.05) is 43.1 Å². The van der Waals surface area contributed by atoms with Crippen LogP contribution in [0, 0.1) is 25.1 Å². The molecule has 3 aliphatic rings. The largest absolute Gasteiger partial charge is 0.487 e. The summed E-state index contributed by atoms with van der Waals surface area (Å²) < 4.78 is 32.7. The summed E-state index contributed by atoms with van der Waals surface area (Å²) in [6.07, 6.45) is 14.3. The molecule has 10 nitrogen and oxygen atoms in total. The molecule has 1 aromatic carbocycles. The first-order valence-corrected chi connectivity index (χ1v) is 13.5. The minimum absolute atomic E-state index is 0.108. The van der Waals surface area contributed by atoms with Crippen molar-refractivity contribution >= 4 is 34.6 Å². The van der Waals surface area contributed by atoms with Crippen molar-refractivity contribution in [1.29, 1.82) is 0 Å². The number of nitrogens with one attached hydrogen (secondary N) is 1. The quantitative estimate of drug-likeness (QED) is 0.346. The lowest BCUT2D eigenvalue weighted by Gasteiger charge is -2.40. The van der Waals surface area contributed by atoms with E-state index in [4.69, 9.17) is 25.6 Å². The summed E-state index contributed by atoms with van der Waals surface area (Å²) in [6.45, 7) is 8.71. The zero-order valence-electron chi connectivity index (χ0n) is 23.3. The van der Waals surface area contributed by atoms with Gasteiger partial charge in [-0.2, -0.15) is 5.10 Å². The van der Waals surface area contributed by atoms with Gasteiger partial charge in [0.15, 0.2) is 17.4 Å². The van der Waals surface area contributed by atoms with Crippen LogP contribution in [0.25, 0.3) is 11.0 Å². The molecule has 41 heavy (non-hydrogen) atoms. The van der Waals surface area contributed by atoms with Crippen molar-refractivity contribution in [2.45, 2.75) is 33.2 Å². The molecule has 1 unspecified atom stereocenters. The van der Waals surface area contributed by atoms with E-state index in [9.17, 15) is 0 Å². The number of ether oxygens (including phenoxy) is 3. The van der Waals surface area contributed by atoms with Crippen molar-refractivity contribution in [3.8, 4) is 23.8 Å². The highest BCUT2D eigenvalue weighted by atomic mass is 19.1. The second-order valence-corrected chi connectivity index (χ2v) is 9.43. The number of allylic oxidation sites excluding steroid dienone is 1. The van der Waals surface area contributed by atoms with Crippen LogP contribution in [0.1, 0.15) is 25.8 Å². The van der Waals surface area contributed by atoms with E-state index < -0.39 is 5.82 Å². The fourth-order valence-corrected chi connectivity index (χ4v) is 4.52. The lowest BCUT2D eigenvalue weighted by Crippen LogP contribution is -2.51. The number of rotatable bonds is 5. The molecule has 2 aromatic heterocycles. The van der Waals surface area contributed by atoms with E-state index in [1.165, 1.54) is 12.4 Å². The van der Waals surface area contributed by atoms with E-state index in [0.29, 0.717) is 60.5 Å². The highest BCUT2D eigenvalue weighted by Crippen LogP contribution is 2.37. The molecule has 0 spiro atoms. The first kappa shape index (κ1) is 27.9. The van der Waals surface area contributed by atoms with E-state index in [-0.39, 0.29) is 11.7 Å². The van der Waals surface area contributed by atoms with Gasteiger partial charge >= 0.3 is 0 Å². The normalized spacial score (nSPS) is 17.5. The van der Waals surface area contributed by atoms with Gasteiger partial charge < -0.3 is 24.4 Å². The number of nitrogens with zero attached hydrogens (tertiary/aromatic N) is 6. The number of terminal acetylenes is 1. The molecule has 3 aliphatic heterocycles. The van der Waals surface area contributed by atoms with E-state index in [1.54, 1.807) is 23.4 Å². The Balaban J connectivity index is 0.000000794. The fourth-order valence-electron chi connectivity index (χ4n) is 4.52. The van der Waals surface area contributed by atoms with Crippen LogP contribution in [0.15, 0.2) is 53.7 Å². The molecule has 0 radical (unpaired) electrons. The molecule has 0 aliphatic carbocycles. The number of aromatic nitrogens is 3. The number of anilines is 3. The third-order valence-corrected chi connectivity index (χ3v) is 6.59. The Morgan fingerprint density at radius 1 is 1.29 bits per heavy atom. The van der Waals surface area contributed by atoms with Crippen LogP contribution in [-0.2, 0) is 4.74 Å². The van der Waals surface area contributed by atoms with Crippen LogP contribution in [0.3, 0.4) is 0 Å². The average Bonchev–Trinajstić information content (AvgIpc) is 3.00. The van der Waals surface area contributed by atoms with Crippen molar-refractivity contribution < 1.29 is 18.6 Å². The summed E-state index contributed by atoms with van der Waals surface area (Å²) >= 11 is 0. The second-order valence-electron chi connectivity index (χ2n) is 9.43. The first-order valence-electron chi connectivity index (χ1n) is 13.5. The van der Waals surface area contributed by atoms with Crippen molar-refractivity contribution in [1.82, 2.24) is 20.0 Å². The first-order chi connectivity index (χ1) is 20.0. The predicted molar refractivity (Wildman–Crippen MR) is 157 cm³/mol. The Labute approximate surface area is 238 Å². The number of hydrogen-bond donors (Lipinski definition) is 1. The van der Waals surface area contributed by atoms with Crippen LogP contribution in [0.4, 0.5) is 21.7 Å². The molecule has 0 bridgehead atoms. The van der Waals surface area contributed by atoms with Gasteiger partial charge in [-0.25, -0.2) is 19.3 Å². The molecule has 3 aromatic rings. The van der Waals surface area contributed by atoms with E-state index >= 15 is 4.39 Å². The number of pyridine rings is 1. The predicted octanol–water partition coefficient (Wildman–Crippen LogP) is 4.94. The summed E-state index contributed by atoms with van der Waals surface area (Å²) in [5.74, 6) is 4.83. The summed E-state index contributed by atoms with van der Waals surface area (Å²) in [6, 6.07) is 5.02. The van der Waals surface area contributed by atoms with E-state index in [0.717, 1.165) is 24.3 Å². The fraction of sp³-hybridized carbons (Fsp3) is 0.333. The zero-order chi connectivity index (χ0) is 28.8. The van der Waals surface area contributed by atoms with Gasteiger partial charge in [0, 0.05) is 37.5 Å². The molecule has 11 heteroatoms. The van der Waals surface area contributed by atoms with Gasteiger partial charge in [-0.1, -0.05) is 6.92 Å². The maximum absolute atomic E-state index is 15.2. The van der Waals surface area contributed by atoms with Crippen molar-refractivity contribution in [2.24, 2.45) is 5.10 Å². The number of hydrogen-bond acceptors (Lipinski definition) is 10. The molecule has 0 saturated carbocycles. The van der Waals surface area contributed by atoms with Gasteiger partial charge in [-0.3, -0.25) is 5.01 Å². The summed E-state index contributed by atoms with van der Waals surface area (Å²) in [5.41, 5.74) is 2.17. The summed E-state index contributed by atoms with van der Waals surface area (Å²) in [7, 11) is 0. The third kappa shape index (κ3) is 6.23. The van der Waals surface area contributed by atoms with Crippen LogP contribution in [0.2, 0.25) is 0 Å². The molecule has 6 rings (SSSR count). The average molecular weight is 558 g/mol. The van der Waals surface area contributed by atoms with Gasteiger partial charge in [-0.15, -0.1) is 12.3 Å². The zero-order valence-corrected chi connectivity index (χ0v) is 23.3. The SMILES string of the molecule is C#CCC.C/C=N\N1C=CC(Oc2cc(F)c(Nc3ncnc4cc5c(nc34)N3CCOCC3CO5)cc2C)=CC1. The molecule has 5 heterocycles. The minimum atomic E-state index is -0.473. The molecule has 1 saturated heterocycles. The molecule has 1 fully saturated rings. The Morgan fingerprint density at radius 3 is 2.90 bits per heavy atom. The third-order valence-electron chi connectivity index (χ3n) is 6.59. The van der Waals surface area contributed by atoms with Crippen molar-refractivity contribution in [3.63, 3.8) is 0 Å². The van der Waals surface area contributed by atoms with Gasteiger partial charge in [-0.05, 0) is 37.6 Å². The van der Waals surface area contributed by atoms with Crippen LogP contribution in [-0.4, -0.2) is 65.1 Å². The Morgan fingerprint density at radius 2 is 2.15 bits per heavy atom. The maximum Gasteiger partial charge on any atom is 0.172 e. The molecule has 212 valence electrons. The van der Waals surface area contributed by atoms with E-state index in [2.05, 4.69) is 31.2 Å². The Bertz CT molecular complexity index is 1550. The molecule has 1 N–H and O–H groups in total. The van der Waals surface area contributed by atoms with Crippen LogP contribution in [0.5, 0.6) is 11.5 Å². The number of hydrazone groups is 1. The monoisotopic (exact) mass is 557 g/mol. The number of fused-ring (bicyclic) bond motifs is 4. The summed E-state index contributed by atoms with van der Waals surface area (Å²) in [5, 5.41) is 9.08. The van der Waals surface area contributed by atoms with Gasteiger partial charge in [0.05, 0.1) is 37.0 Å². The van der Waals surface area contributed by atoms with Crippen LogP contribution >= 0.6 is 0 Å². The van der Waals surface area contributed by atoms with Crippen LogP contribution < -0.4 is 19.7 Å². The molecular weight excluding hydrogens is 525 g/mol.